The first-order valence-electron chi connectivity index (χ1n) is 6.68. The van der Waals surface area contributed by atoms with Crippen LogP contribution in [0.5, 0.6) is 0 Å². The lowest BCUT2D eigenvalue weighted by atomic mass is 10.1. The van der Waals surface area contributed by atoms with Crippen LogP contribution >= 0.6 is 11.8 Å². The maximum Gasteiger partial charge on any atom is 0.227 e. The van der Waals surface area contributed by atoms with E-state index in [1.165, 1.54) is 11.8 Å². The van der Waals surface area contributed by atoms with E-state index in [1.807, 2.05) is 48.2 Å². The molecule has 1 amide bonds. The molecule has 1 heterocycles. The number of rotatable bonds is 4. The van der Waals surface area contributed by atoms with Gasteiger partial charge < -0.3 is 9.80 Å². The molecule has 0 aromatic heterocycles. The summed E-state index contributed by atoms with van der Waals surface area (Å²) >= 11 is 1.31. The highest BCUT2D eigenvalue weighted by Crippen LogP contribution is 2.29. The van der Waals surface area contributed by atoms with Crippen molar-refractivity contribution in [2.75, 3.05) is 36.2 Å². The van der Waals surface area contributed by atoms with E-state index in [4.69, 9.17) is 0 Å². The molecule has 1 unspecified atom stereocenters. The average molecular weight is 292 g/mol. The summed E-state index contributed by atoms with van der Waals surface area (Å²) in [5.41, 5.74) is 2.02. The summed E-state index contributed by atoms with van der Waals surface area (Å²) in [5.74, 6) is 1.14. The number of thioether (sulfide) groups is 1. The smallest absolute Gasteiger partial charge is 0.227 e. The number of hydrogen-bond acceptors (Lipinski definition) is 4. The second-order valence-corrected chi connectivity index (χ2v) is 6.49. The summed E-state index contributed by atoms with van der Waals surface area (Å²) in [7, 11) is 3.97. The zero-order chi connectivity index (χ0) is 14.7. The Labute approximate surface area is 124 Å². The minimum Gasteiger partial charge on any atom is -0.378 e. The molecule has 1 atom stereocenters. The average Bonchev–Trinajstić information content (AvgIpc) is 2.78. The van der Waals surface area contributed by atoms with Gasteiger partial charge in [-0.3, -0.25) is 9.59 Å². The lowest BCUT2D eigenvalue weighted by Gasteiger charge is -2.20. The Hall–Kier alpha value is -1.49. The second-order valence-electron chi connectivity index (χ2n) is 5.29. The lowest BCUT2D eigenvalue weighted by Crippen LogP contribution is -2.25. The van der Waals surface area contributed by atoms with Gasteiger partial charge >= 0.3 is 0 Å². The van der Waals surface area contributed by atoms with Gasteiger partial charge in [-0.2, -0.15) is 0 Å². The SMILES string of the molecule is CC(=O)SCC1CC(=O)N(c2cccc(N(C)C)c2)C1. The van der Waals surface area contributed by atoms with Crippen LogP contribution in [-0.2, 0) is 9.59 Å². The van der Waals surface area contributed by atoms with Crippen molar-refractivity contribution < 1.29 is 9.59 Å². The summed E-state index contributed by atoms with van der Waals surface area (Å²) in [6, 6.07) is 7.98. The molecule has 1 fully saturated rings. The van der Waals surface area contributed by atoms with Gasteiger partial charge in [0.1, 0.15) is 0 Å². The van der Waals surface area contributed by atoms with Crippen LogP contribution in [0.1, 0.15) is 13.3 Å². The summed E-state index contributed by atoms with van der Waals surface area (Å²) in [6.45, 7) is 2.27. The van der Waals surface area contributed by atoms with E-state index in [1.54, 1.807) is 6.92 Å². The number of carbonyl (C=O) groups is 2. The maximum absolute atomic E-state index is 12.1. The van der Waals surface area contributed by atoms with E-state index in [-0.39, 0.29) is 16.9 Å². The van der Waals surface area contributed by atoms with Crippen LogP contribution in [0, 0.1) is 5.92 Å². The van der Waals surface area contributed by atoms with Crippen LogP contribution in [0.3, 0.4) is 0 Å². The van der Waals surface area contributed by atoms with Crippen molar-refractivity contribution in [2.45, 2.75) is 13.3 Å². The number of anilines is 2. The van der Waals surface area contributed by atoms with Gasteiger partial charge in [0.05, 0.1) is 0 Å². The number of carbonyl (C=O) groups excluding carboxylic acids is 2. The minimum atomic E-state index is 0.116. The summed E-state index contributed by atoms with van der Waals surface area (Å²) in [5, 5.41) is 0.116. The van der Waals surface area contributed by atoms with Gasteiger partial charge in [-0.1, -0.05) is 17.8 Å². The molecule has 1 saturated heterocycles. The Bertz CT molecular complexity index is 516. The highest BCUT2D eigenvalue weighted by molar-refractivity contribution is 8.13. The Balaban J connectivity index is 2.07. The van der Waals surface area contributed by atoms with Gasteiger partial charge in [0.15, 0.2) is 5.12 Å². The Morgan fingerprint density at radius 1 is 1.45 bits per heavy atom. The van der Waals surface area contributed by atoms with Crippen molar-refractivity contribution in [3.8, 4) is 0 Å². The summed E-state index contributed by atoms with van der Waals surface area (Å²) < 4.78 is 0. The van der Waals surface area contributed by atoms with Gasteiger partial charge in [-0.15, -0.1) is 0 Å². The molecular formula is C15H20N2O2S. The minimum absolute atomic E-state index is 0.116. The molecule has 0 bridgehead atoms. The van der Waals surface area contributed by atoms with Crippen molar-refractivity contribution in [3.63, 3.8) is 0 Å². The zero-order valence-electron chi connectivity index (χ0n) is 12.1. The molecule has 0 radical (unpaired) electrons. The van der Waals surface area contributed by atoms with E-state index >= 15 is 0 Å². The largest absolute Gasteiger partial charge is 0.378 e. The zero-order valence-corrected chi connectivity index (χ0v) is 12.9. The van der Waals surface area contributed by atoms with Crippen molar-refractivity contribution in [1.29, 1.82) is 0 Å². The normalized spacial score (nSPS) is 18.4. The van der Waals surface area contributed by atoms with Crippen LogP contribution in [-0.4, -0.2) is 37.4 Å². The highest BCUT2D eigenvalue weighted by atomic mass is 32.2. The molecule has 0 N–H and O–H groups in total. The lowest BCUT2D eigenvalue weighted by molar-refractivity contribution is -0.117. The molecule has 4 nitrogen and oxygen atoms in total. The molecule has 1 aromatic carbocycles. The van der Waals surface area contributed by atoms with E-state index in [9.17, 15) is 9.59 Å². The third kappa shape index (κ3) is 3.54. The first-order chi connectivity index (χ1) is 9.47. The van der Waals surface area contributed by atoms with Crippen molar-refractivity contribution in [3.05, 3.63) is 24.3 Å². The molecule has 2 rings (SSSR count). The maximum atomic E-state index is 12.1. The Kier molecular flexibility index (Phi) is 4.70. The monoisotopic (exact) mass is 292 g/mol. The molecular weight excluding hydrogens is 272 g/mol. The predicted octanol–water partition coefficient (Wildman–Crippen LogP) is 2.39. The first-order valence-corrected chi connectivity index (χ1v) is 7.67. The van der Waals surface area contributed by atoms with Crippen molar-refractivity contribution in [2.24, 2.45) is 5.92 Å². The fourth-order valence-corrected chi connectivity index (χ4v) is 3.01. The number of nitrogens with zero attached hydrogens (tertiary/aromatic N) is 2. The van der Waals surface area contributed by atoms with Crippen LogP contribution < -0.4 is 9.80 Å². The Morgan fingerprint density at radius 3 is 2.85 bits per heavy atom. The number of hydrogen-bond donors (Lipinski definition) is 0. The molecule has 0 aliphatic carbocycles. The van der Waals surface area contributed by atoms with Crippen LogP contribution in [0.15, 0.2) is 24.3 Å². The number of amides is 1. The summed E-state index contributed by atoms with van der Waals surface area (Å²) in [4.78, 5) is 27.0. The van der Waals surface area contributed by atoms with Crippen LogP contribution in [0.25, 0.3) is 0 Å². The fraction of sp³-hybridized carbons (Fsp3) is 0.467. The van der Waals surface area contributed by atoms with Crippen LogP contribution in [0.2, 0.25) is 0 Å². The molecule has 1 aliphatic rings. The first kappa shape index (κ1) is 14.9. The molecule has 1 aliphatic heterocycles. The van der Waals surface area contributed by atoms with Crippen LogP contribution in [0.4, 0.5) is 11.4 Å². The van der Waals surface area contributed by atoms with Gasteiger partial charge in [-0.25, -0.2) is 0 Å². The molecule has 0 spiro atoms. The molecule has 0 saturated carbocycles. The van der Waals surface area contributed by atoms with Gasteiger partial charge in [0.25, 0.3) is 0 Å². The van der Waals surface area contributed by atoms with Crippen molar-refractivity contribution >= 4 is 34.2 Å². The predicted molar refractivity (Wildman–Crippen MR) is 84.4 cm³/mol. The fourth-order valence-electron chi connectivity index (χ4n) is 2.32. The molecule has 5 heteroatoms. The highest BCUT2D eigenvalue weighted by Gasteiger charge is 2.30. The molecule has 20 heavy (non-hydrogen) atoms. The third-order valence-corrected chi connectivity index (χ3v) is 4.43. The van der Waals surface area contributed by atoms with E-state index < -0.39 is 0 Å². The second kappa shape index (κ2) is 6.31. The standard InChI is InChI=1S/C15H20N2O2S/c1-11(18)20-10-12-7-15(19)17(9-12)14-6-4-5-13(8-14)16(2)3/h4-6,8,12H,7,9-10H2,1-3H3. The van der Waals surface area contributed by atoms with Gasteiger partial charge in [0.2, 0.25) is 5.91 Å². The van der Waals surface area contributed by atoms with E-state index in [0.717, 1.165) is 17.1 Å². The van der Waals surface area contributed by atoms with E-state index in [2.05, 4.69) is 0 Å². The summed E-state index contributed by atoms with van der Waals surface area (Å²) in [6.07, 6.45) is 0.534. The van der Waals surface area contributed by atoms with E-state index in [0.29, 0.717) is 13.0 Å². The van der Waals surface area contributed by atoms with Gasteiger partial charge in [-0.05, 0) is 24.1 Å². The quantitative estimate of drug-likeness (QED) is 0.854. The molecule has 1 aromatic rings. The van der Waals surface area contributed by atoms with Gasteiger partial charge in [0, 0.05) is 51.1 Å². The molecule has 108 valence electrons. The number of benzene rings is 1. The topological polar surface area (TPSA) is 40.6 Å². The third-order valence-electron chi connectivity index (χ3n) is 3.39. The van der Waals surface area contributed by atoms with Crippen molar-refractivity contribution in [1.82, 2.24) is 0 Å². The Morgan fingerprint density at radius 2 is 2.20 bits per heavy atom.